The molecule has 1 atom stereocenters. The fourth-order valence-electron chi connectivity index (χ4n) is 2.96. The van der Waals surface area contributed by atoms with Gasteiger partial charge in [-0.2, -0.15) is 0 Å². The molecule has 2 N–H and O–H groups in total. The Balaban J connectivity index is 1.90. The highest BCUT2D eigenvalue weighted by atomic mass is 19.1. The molecule has 0 spiro atoms. The number of nitrogens with zero attached hydrogens (tertiary/aromatic N) is 1. The molecule has 1 aromatic heterocycles. The number of nitrogens with one attached hydrogen (secondary N) is 2. The third kappa shape index (κ3) is 3.31. The number of hydrogen-bond acceptors (Lipinski definition) is 4. The second-order valence-corrected chi connectivity index (χ2v) is 5.89. The lowest BCUT2D eigenvalue weighted by Crippen LogP contribution is -2.45. The largest absolute Gasteiger partial charge is 0.473 e. The molecule has 1 unspecified atom stereocenters. The van der Waals surface area contributed by atoms with Crippen LogP contribution in [-0.2, 0) is 21.6 Å². The summed E-state index contributed by atoms with van der Waals surface area (Å²) >= 11 is 0. The van der Waals surface area contributed by atoms with Crippen LogP contribution in [0.4, 0.5) is 4.39 Å². The van der Waals surface area contributed by atoms with E-state index >= 15 is 0 Å². The van der Waals surface area contributed by atoms with E-state index in [0.29, 0.717) is 5.56 Å². The Labute approximate surface area is 144 Å². The molecule has 1 aliphatic rings. The predicted octanol–water partition coefficient (Wildman–Crippen LogP) is 1.30. The zero-order valence-electron chi connectivity index (χ0n) is 13.7. The van der Waals surface area contributed by atoms with Gasteiger partial charge in [-0.05, 0) is 23.8 Å². The molecule has 0 aliphatic carbocycles. The number of halogens is 1. The molecule has 2 aromatic rings. The lowest BCUT2D eigenvalue weighted by Gasteiger charge is -2.27. The fourth-order valence-corrected chi connectivity index (χ4v) is 2.96. The number of aromatic nitrogens is 1. The maximum absolute atomic E-state index is 13.0. The van der Waals surface area contributed by atoms with Crippen LogP contribution in [0.3, 0.4) is 0 Å². The summed E-state index contributed by atoms with van der Waals surface area (Å²) in [7, 11) is 1.53. The van der Waals surface area contributed by atoms with E-state index in [2.05, 4.69) is 15.6 Å². The van der Waals surface area contributed by atoms with E-state index in [0.717, 1.165) is 5.56 Å². The standard InChI is InChI=1S/C18H18FN3O3/c1-20-17(24)18(9-15(23)22-11-18)14-3-2-8-21-16(14)25-10-12-4-6-13(19)7-5-12/h2-8H,9-11H2,1H3,(H,20,24)(H,22,23). The summed E-state index contributed by atoms with van der Waals surface area (Å²) < 4.78 is 18.8. The Bertz CT molecular complexity index is 794. The van der Waals surface area contributed by atoms with Crippen LogP contribution in [0, 0.1) is 5.82 Å². The first kappa shape index (κ1) is 16.9. The zero-order valence-corrected chi connectivity index (χ0v) is 13.7. The second-order valence-electron chi connectivity index (χ2n) is 5.89. The molecule has 25 heavy (non-hydrogen) atoms. The van der Waals surface area contributed by atoms with Gasteiger partial charge in [0.1, 0.15) is 17.8 Å². The van der Waals surface area contributed by atoms with E-state index in [9.17, 15) is 14.0 Å². The van der Waals surface area contributed by atoms with E-state index in [4.69, 9.17) is 4.74 Å². The summed E-state index contributed by atoms with van der Waals surface area (Å²) in [5.41, 5.74) is 0.264. The van der Waals surface area contributed by atoms with Gasteiger partial charge in [-0.15, -0.1) is 0 Å². The van der Waals surface area contributed by atoms with Crippen molar-refractivity contribution < 1.29 is 18.7 Å². The number of likely N-dealkylation sites (N-methyl/N-ethyl adjacent to an activating group) is 1. The maximum Gasteiger partial charge on any atom is 0.232 e. The summed E-state index contributed by atoms with van der Waals surface area (Å²) in [5.74, 6) is -0.509. The van der Waals surface area contributed by atoms with Crippen molar-refractivity contribution in [1.82, 2.24) is 15.6 Å². The first-order chi connectivity index (χ1) is 12.0. The molecule has 3 rings (SSSR count). The van der Waals surface area contributed by atoms with Crippen LogP contribution in [0.25, 0.3) is 0 Å². The van der Waals surface area contributed by atoms with E-state index in [-0.39, 0.29) is 43.1 Å². The molecule has 1 fully saturated rings. The lowest BCUT2D eigenvalue weighted by molar-refractivity contribution is -0.127. The number of ether oxygens (including phenoxy) is 1. The molecule has 0 bridgehead atoms. The van der Waals surface area contributed by atoms with Crippen molar-refractivity contribution in [3.63, 3.8) is 0 Å². The summed E-state index contributed by atoms with van der Waals surface area (Å²) in [6.45, 7) is 0.361. The number of amides is 2. The topological polar surface area (TPSA) is 80.3 Å². The average molecular weight is 343 g/mol. The Morgan fingerprint density at radius 3 is 2.76 bits per heavy atom. The predicted molar refractivity (Wildman–Crippen MR) is 88.3 cm³/mol. The van der Waals surface area contributed by atoms with Gasteiger partial charge in [-0.25, -0.2) is 9.37 Å². The van der Waals surface area contributed by atoms with Gasteiger partial charge >= 0.3 is 0 Å². The number of pyridine rings is 1. The highest BCUT2D eigenvalue weighted by Crippen LogP contribution is 2.36. The van der Waals surface area contributed by atoms with Crippen LogP contribution in [0.5, 0.6) is 5.88 Å². The van der Waals surface area contributed by atoms with Crippen molar-refractivity contribution in [1.29, 1.82) is 0 Å². The molecule has 6 nitrogen and oxygen atoms in total. The average Bonchev–Trinajstić information content (AvgIpc) is 3.04. The number of rotatable bonds is 5. The van der Waals surface area contributed by atoms with Gasteiger partial charge in [0.15, 0.2) is 0 Å². The monoisotopic (exact) mass is 343 g/mol. The molecule has 0 saturated carbocycles. The molecule has 1 aromatic carbocycles. The maximum atomic E-state index is 13.0. The summed E-state index contributed by atoms with van der Waals surface area (Å²) in [5, 5.41) is 5.32. The van der Waals surface area contributed by atoms with Gasteiger partial charge in [0, 0.05) is 31.8 Å². The van der Waals surface area contributed by atoms with Gasteiger partial charge in [0.2, 0.25) is 17.7 Å². The smallest absolute Gasteiger partial charge is 0.232 e. The van der Waals surface area contributed by atoms with Crippen LogP contribution in [0.1, 0.15) is 17.5 Å². The Hall–Kier alpha value is -2.96. The summed E-state index contributed by atoms with van der Waals surface area (Å²) in [4.78, 5) is 28.5. The molecule has 2 amide bonds. The molecule has 7 heteroatoms. The van der Waals surface area contributed by atoms with Crippen molar-refractivity contribution >= 4 is 11.8 Å². The Kier molecular flexibility index (Phi) is 4.65. The van der Waals surface area contributed by atoms with Crippen molar-refractivity contribution in [2.24, 2.45) is 0 Å². The van der Waals surface area contributed by atoms with Gasteiger partial charge in [0.05, 0.1) is 0 Å². The second kappa shape index (κ2) is 6.88. The fraction of sp³-hybridized carbons (Fsp3) is 0.278. The first-order valence-corrected chi connectivity index (χ1v) is 7.87. The van der Waals surface area contributed by atoms with Crippen LogP contribution >= 0.6 is 0 Å². The van der Waals surface area contributed by atoms with Crippen LogP contribution in [0.15, 0.2) is 42.6 Å². The van der Waals surface area contributed by atoms with Gasteiger partial charge in [-0.1, -0.05) is 18.2 Å². The number of carbonyl (C=O) groups excluding carboxylic acids is 2. The van der Waals surface area contributed by atoms with Gasteiger partial charge in [-0.3, -0.25) is 9.59 Å². The zero-order chi connectivity index (χ0) is 17.9. The molecular formula is C18H18FN3O3. The van der Waals surface area contributed by atoms with Crippen LogP contribution < -0.4 is 15.4 Å². The molecule has 130 valence electrons. The molecule has 0 radical (unpaired) electrons. The third-order valence-electron chi connectivity index (χ3n) is 4.29. The minimum Gasteiger partial charge on any atom is -0.473 e. The van der Waals surface area contributed by atoms with Gasteiger partial charge < -0.3 is 15.4 Å². The van der Waals surface area contributed by atoms with E-state index in [1.54, 1.807) is 30.5 Å². The summed E-state index contributed by atoms with van der Waals surface area (Å²) in [6, 6.07) is 9.38. The quantitative estimate of drug-likeness (QED) is 0.858. The highest BCUT2D eigenvalue weighted by Gasteiger charge is 2.48. The van der Waals surface area contributed by atoms with E-state index < -0.39 is 5.41 Å². The Morgan fingerprint density at radius 1 is 1.36 bits per heavy atom. The van der Waals surface area contributed by atoms with Crippen molar-refractivity contribution in [3.8, 4) is 5.88 Å². The van der Waals surface area contributed by atoms with Crippen molar-refractivity contribution in [2.45, 2.75) is 18.4 Å². The van der Waals surface area contributed by atoms with Crippen molar-refractivity contribution in [2.75, 3.05) is 13.6 Å². The van der Waals surface area contributed by atoms with Crippen LogP contribution in [0.2, 0.25) is 0 Å². The third-order valence-corrected chi connectivity index (χ3v) is 4.29. The van der Waals surface area contributed by atoms with E-state index in [1.807, 2.05) is 0 Å². The number of benzene rings is 1. The summed E-state index contributed by atoms with van der Waals surface area (Å²) in [6.07, 6.45) is 1.59. The lowest BCUT2D eigenvalue weighted by atomic mass is 9.79. The number of hydrogen-bond donors (Lipinski definition) is 2. The molecular weight excluding hydrogens is 325 g/mol. The minimum atomic E-state index is -1.06. The van der Waals surface area contributed by atoms with Gasteiger partial charge in [0.25, 0.3) is 0 Å². The molecule has 1 saturated heterocycles. The van der Waals surface area contributed by atoms with Crippen molar-refractivity contribution in [3.05, 3.63) is 59.5 Å². The SMILES string of the molecule is CNC(=O)C1(c2cccnc2OCc2ccc(F)cc2)CNC(=O)C1. The molecule has 1 aliphatic heterocycles. The first-order valence-electron chi connectivity index (χ1n) is 7.87. The highest BCUT2D eigenvalue weighted by molar-refractivity contribution is 5.97. The van der Waals surface area contributed by atoms with E-state index in [1.165, 1.54) is 19.2 Å². The number of carbonyl (C=O) groups is 2. The Morgan fingerprint density at radius 2 is 2.12 bits per heavy atom. The normalized spacial score (nSPS) is 19.4. The molecule has 2 heterocycles. The minimum absolute atomic E-state index is 0.0330. The van der Waals surface area contributed by atoms with Crippen LogP contribution in [-0.4, -0.2) is 30.4 Å².